The van der Waals surface area contributed by atoms with Crippen LogP contribution in [0.15, 0.2) is 60.7 Å². The molecule has 45 heavy (non-hydrogen) atoms. The summed E-state index contributed by atoms with van der Waals surface area (Å²) in [6.07, 6.45) is 0. The summed E-state index contributed by atoms with van der Waals surface area (Å²) >= 11 is 0. The van der Waals surface area contributed by atoms with Crippen LogP contribution in [0.2, 0.25) is 0 Å². The monoisotopic (exact) mass is 612 g/mol. The Morgan fingerprint density at radius 3 is 2.40 bits per heavy atom. The topological polar surface area (TPSA) is 126 Å². The summed E-state index contributed by atoms with van der Waals surface area (Å²) in [7, 11) is 3.82. The van der Waals surface area contributed by atoms with Gasteiger partial charge in [0.15, 0.2) is 5.82 Å². The highest BCUT2D eigenvalue weighted by Gasteiger charge is 2.34. The molecule has 0 saturated carbocycles. The van der Waals surface area contributed by atoms with Crippen LogP contribution in [-0.4, -0.2) is 54.0 Å². The third-order valence-corrected chi connectivity index (χ3v) is 6.85. The number of aromatic nitrogens is 2. The highest BCUT2D eigenvalue weighted by molar-refractivity contribution is 6.06. The van der Waals surface area contributed by atoms with Gasteiger partial charge in [-0.15, -0.1) is 0 Å². The number of amides is 3. The molecule has 232 valence electrons. The summed E-state index contributed by atoms with van der Waals surface area (Å²) in [5.74, 6) is -2.07. The molecule has 1 aromatic heterocycles. The van der Waals surface area contributed by atoms with Crippen molar-refractivity contribution in [2.45, 2.75) is 27.3 Å². The SMILES string of the molecule is CC.Cc1ccc(C(=O)Nc2ccc(C#N)cc2)cc1-c1nc(NCCN(C)C)nc2c1CNC(=O)N2c1c(F)cccc1F. The number of carbonyl (C=O) groups is 2. The molecule has 0 radical (unpaired) electrons. The first-order valence-corrected chi connectivity index (χ1v) is 14.4. The second kappa shape index (κ2) is 14.4. The van der Waals surface area contributed by atoms with Crippen molar-refractivity contribution >= 4 is 35.1 Å². The lowest BCUT2D eigenvalue weighted by molar-refractivity contribution is 0.102. The number of hydrogen-bond acceptors (Lipinski definition) is 7. The number of para-hydroxylation sites is 1. The normalized spacial score (nSPS) is 12.0. The molecule has 1 aliphatic rings. The highest BCUT2D eigenvalue weighted by atomic mass is 19.1. The van der Waals surface area contributed by atoms with Crippen LogP contribution >= 0.6 is 0 Å². The van der Waals surface area contributed by atoms with Crippen LogP contribution in [0.1, 0.15) is 40.9 Å². The molecule has 0 spiro atoms. The van der Waals surface area contributed by atoms with Gasteiger partial charge in [-0.2, -0.15) is 10.2 Å². The number of nitrogens with one attached hydrogen (secondary N) is 3. The van der Waals surface area contributed by atoms with Crippen LogP contribution in [0.25, 0.3) is 11.3 Å². The lowest BCUT2D eigenvalue weighted by Gasteiger charge is -2.31. The van der Waals surface area contributed by atoms with Crippen molar-refractivity contribution in [3.05, 3.63) is 94.6 Å². The Morgan fingerprint density at radius 1 is 1.07 bits per heavy atom. The lowest BCUT2D eigenvalue weighted by Crippen LogP contribution is -2.43. The number of carbonyl (C=O) groups excluding carboxylic acids is 2. The van der Waals surface area contributed by atoms with E-state index in [1.54, 1.807) is 42.5 Å². The molecule has 4 aromatic rings. The van der Waals surface area contributed by atoms with Gasteiger partial charge < -0.3 is 20.9 Å². The Hall–Kier alpha value is -5.41. The van der Waals surface area contributed by atoms with Crippen molar-refractivity contribution in [2.75, 3.05) is 42.7 Å². The Labute approximate surface area is 260 Å². The zero-order valence-electron chi connectivity index (χ0n) is 25.7. The molecule has 12 heteroatoms. The van der Waals surface area contributed by atoms with Crippen molar-refractivity contribution in [1.29, 1.82) is 5.26 Å². The standard InChI is InChI=1S/C31H28F2N8O2.C2H6/c1-18-7-10-20(29(42)37-21-11-8-19(16-34)9-12-21)15-22(18)26-23-17-36-31(43)41(27-24(32)5-4-6-25(27)33)28(23)39-30(38-26)35-13-14-40(2)3;1-2/h4-12,15H,13-14,17H2,1-3H3,(H,36,43)(H,37,42)(H,35,38,39);1-2H3. The summed E-state index contributed by atoms with van der Waals surface area (Å²) < 4.78 is 29.9. The molecule has 10 nitrogen and oxygen atoms in total. The number of urea groups is 1. The van der Waals surface area contributed by atoms with Crippen molar-refractivity contribution in [1.82, 2.24) is 20.2 Å². The van der Waals surface area contributed by atoms with Gasteiger partial charge in [-0.25, -0.2) is 23.5 Å². The molecule has 1 aliphatic heterocycles. The molecule has 3 aromatic carbocycles. The van der Waals surface area contributed by atoms with Crippen molar-refractivity contribution in [3.63, 3.8) is 0 Å². The van der Waals surface area contributed by atoms with E-state index in [0.717, 1.165) is 22.6 Å². The third-order valence-electron chi connectivity index (χ3n) is 6.85. The number of likely N-dealkylation sites (N-methyl/N-ethyl adjacent to an activating group) is 1. The minimum atomic E-state index is -0.928. The largest absolute Gasteiger partial charge is 0.353 e. The van der Waals surface area contributed by atoms with Crippen LogP contribution in [-0.2, 0) is 6.54 Å². The van der Waals surface area contributed by atoms with Crippen LogP contribution in [0.3, 0.4) is 0 Å². The number of halogens is 2. The average Bonchev–Trinajstić information content (AvgIpc) is 3.03. The summed E-state index contributed by atoms with van der Waals surface area (Å²) in [6, 6.07) is 16.2. The van der Waals surface area contributed by atoms with Gasteiger partial charge in [-0.1, -0.05) is 26.0 Å². The number of aryl methyl sites for hydroxylation is 1. The van der Waals surface area contributed by atoms with E-state index in [1.807, 2.05) is 45.8 Å². The molecular formula is C33H34F2N8O2. The maximum Gasteiger partial charge on any atom is 0.328 e. The first-order valence-electron chi connectivity index (χ1n) is 14.4. The quantitative estimate of drug-likeness (QED) is 0.216. The Morgan fingerprint density at radius 2 is 1.76 bits per heavy atom. The maximum absolute atomic E-state index is 15.0. The van der Waals surface area contributed by atoms with Crippen molar-refractivity contribution in [2.24, 2.45) is 0 Å². The number of anilines is 4. The van der Waals surface area contributed by atoms with Gasteiger partial charge in [0.25, 0.3) is 5.91 Å². The highest BCUT2D eigenvalue weighted by Crippen LogP contribution is 2.39. The van der Waals surface area contributed by atoms with Crippen molar-refractivity contribution < 1.29 is 18.4 Å². The van der Waals surface area contributed by atoms with Crippen LogP contribution < -0.4 is 20.9 Å². The minimum absolute atomic E-state index is 0.00481. The van der Waals surface area contributed by atoms with E-state index >= 15 is 0 Å². The predicted octanol–water partition coefficient (Wildman–Crippen LogP) is 6.22. The molecule has 3 N–H and O–H groups in total. The third kappa shape index (κ3) is 7.22. The van der Waals surface area contributed by atoms with Gasteiger partial charge in [0.05, 0.1) is 23.9 Å². The van der Waals surface area contributed by atoms with Crippen LogP contribution in [0.4, 0.5) is 36.7 Å². The predicted molar refractivity (Wildman–Crippen MR) is 170 cm³/mol. The van der Waals surface area contributed by atoms with Gasteiger partial charge in [-0.05, 0) is 75.1 Å². The van der Waals surface area contributed by atoms with E-state index in [0.29, 0.717) is 46.7 Å². The van der Waals surface area contributed by atoms with Crippen LogP contribution in [0, 0.1) is 29.9 Å². The van der Waals surface area contributed by atoms with E-state index < -0.39 is 23.4 Å². The van der Waals surface area contributed by atoms with Crippen molar-refractivity contribution in [3.8, 4) is 17.3 Å². The molecule has 0 bridgehead atoms. The molecule has 5 rings (SSSR count). The molecular weight excluding hydrogens is 578 g/mol. The summed E-state index contributed by atoms with van der Waals surface area (Å²) in [6.45, 7) is 6.94. The zero-order chi connectivity index (χ0) is 32.7. The molecule has 3 amide bonds. The van der Waals surface area contributed by atoms with Gasteiger partial charge in [-0.3, -0.25) is 4.79 Å². The fourth-order valence-electron chi connectivity index (χ4n) is 4.61. The first kappa shape index (κ1) is 32.5. The molecule has 0 aliphatic carbocycles. The number of nitrogens with zero attached hydrogens (tertiary/aromatic N) is 5. The van der Waals surface area contributed by atoms with E-state index in [1.165, 1.54) is 6.07 Å². The lowest BCUT2D eigenvalue weighted by atomic mass is 9.97. The number of benzene rings is 3. The summed E-state index contributed by atoms with van der Waals surface area (Å²) in [5.41, 5.74) is 2.92. The molecule has 0 fully saturated rings. The fraction of sp³-hybridized carbons (Fsp3) is 0.242. The number of fused-ring (bicyclic) bond motifs is 1. The number of rotatable bonds is 8. The fourth-order valence-corrected chi connectivity index (χ4v) is 4.61. The second-order valence-corrected chi connectivity index (χ2v) is 10.2. The first-order chi connectivity index (χ1) is 21.7. The molecule has 0 saturated heterocycles. The molecule has 2 heterocycles. The van der Waals surface area contributed by atoms with Gasteiger partial charge in [0.2, 0.25) is 5.95 Å². The smallest absolute Gasteiger partial charge is 0.328 e. The van der Waals surface area contributed by atoms with E-state index in [4.69, 9.17) is 10.2 Å². The molecule has 0 atom stereocenters. The van der Waals surface area contributed by atoms with Crippen LogP contribution in [0.5, 0.6) is 0 Å². The average molecular weight is 613 g/mol. The Kier molecular flexibility index (Phi) is 10.4. The number of nitriles is 1. The van der Waals surface area contributed by atoms with Gasteiger partial charge in [0.1, 0.15) is 17.3 Å². The number of hydrogen-bond donors (Lipinski definition) is 3. The Balaban J connectivity index is 0.00000226. The maximum atomic E-state index is 15.0. The van der Waals surface area contributed by atoms with Gasteiger partial charge >= 0.3 is 6.03 Å². The summed E-state index contributed by atoms with van der Waals surface area (Å²) in [4.78, 5) is 38.4. The molecule has 0 unspecified atom stereocenters. The van der Waals surface area contributed by atoms with E-state index in [2.05, 4.69) is 20.9 Å². The van der Waals surface area contributed by atoms with Gasteiger partial charge in [0, 0.05) is 35.5 Å². The Bertz CT molecular complexity index is 1730. The zero-order valence-corrected chi connectivity index (χ0v) is 25.7. The minimum Gasteiger partial charge on any atom is -0.353 e. The summed E-state index contributed by atoms with van der Waals surface area (Å²) in [5, 5.41) is 17.7. The van der Waals surface area contributed by atoms with E-state index in [9.17, 15) is 18.4 Å². The van der Waals surface area contributed by atoms with E-state index in [-0.39, 0.29) is 24.2 Å². The second-order valence-electron chi connectivity index (χ2n) is 10.2.